The predicted molar refractivity (Wildman–Crippen MR) is 124 cm³/mol. The zero-order valence-electron chi connectivity index (χ0n) is 16.4. The number of halogens is 1. The lowest BCUT2D eigenvalue weighted by Crippen LogP contribution is -2.11. The maximum atomic E-state index is 14.5. The average Bonchev–Trinajstić information content (AvgIpc) is 2.75. The molecule has 0 aliphatic carbocycles. The Morgan fingerprint density at radius 1 is 1.28 bits per heavy atom. The number of anilines is 1. The predicted octanol–water partition coefficient (Wildman–Crippen LogP) is 3.49. The van der Waals surface area contributed by atoms with E-state index < -0.39 is 23.0 Å². The summed E-state index contributed by atoms with van der Waals surface area (Å²) in [6, 6.07) is 9.44. The summed E-state index contributed by atoms with van der Waals surface area (Å²) in [5.74, 6) is 3.37. The van der Waals surface area contributed by atoms with Gasteiger partial charge in [0.1, 0.15) is 5.82 Å². The number of pyridine rings is 2. The Labute approximate surface area is 183 Å². The van der Waals surface area contributed by atoms with Gasteiger partial charge < -0.3 is 21.1 Å². The molecule has 32 heavy (non-hydrogen) atoms. The SMILES string of the molecule is C.CCNc1nc2c(C#CC(N)=O)c[nH]c(=O)c2c2cc(-c3cccc(O)c3F)ccc12. The van der Waals surface area contributed by atoms with Gasteiger partial charge >= 0.3 is 0 Å². The summed E-state index contributed by atoms with van der Waals surface area (Å²) in [5.41, 5.74) is 5.99. The first-order valence-corrected chi connectivity index (χ1v) is 9.43. The van der Waals surface area contributed by atoms with Crippen LogP contribution in [0.5, 0.6) is 5.75 Å². The van der Waals surface area contributed by atoms with Crippen LogP contribution in [0.2, 0.25) is 0 Å². The molecule has 0 bridgehead atoms. The number of H-pyrrole nitrogens is 1. The fraction of sp³-hybridized carbons (Fsp3) is 0.125. The molecule has 0 atom stereocenters. The zero-order valence-corrected chi connectivity index (χ0v) is 16.4. The Bertz CT molecular complexity index is 1480. The standard InChI is InChI=1S/C23H17FN4O3.CH4/c1-2-26-22-15-8-6-12(14-4-3-5-17(29)20(14)24)10-16(15)19-21(28-22)13(7-9-18(25)30)11-27-23(19)31;/h3-6,8,10-11,29H,2H2,1H3,(H2,25,30)(H,26,28)(H,27,31);1H4. The van der Waals surface area contributed by atoms with E-state index in [4.69, 9.17) is 5.73 Å². The van der Waals surface area contributed by atoms with Gasteiger partial charge in [-0.15, -0.1) is 0 Å². The Morgan fingerprint density at radius 2 is 2.06 bits per heavy atom. The average molecular weight is 432 g/mol. The van der Waals surface area contributed by atoms with Crippen molar-refractivity contribution in [2.75, 3.05) is 11.9 Å². The number of hydrogen-bond donors (Lipinski definition) is 4. The Balaban J connectivity index is 0.00000289. The molecule has 0 unspecified atom stereocenters. The number of nitrogens with one attached hydrogen (secondary N) is 2. The van der Waals surface area contributed by atoms with Crippen molar-refractivity contribution < 1.29 is 14.3 Å². The smallest absolute Gasteiger partial charge is 0.293 e. The van der Waals surface area contributed by atoms with Gasteiger partial charge in [0, 0.05) is 35.0 Å². The maximum Gasteiger partial charge on any atom is 0.293 e. The minimum atomic E-state index is -0.811. The molecule has 4 aromatic rings. The summed E-state index contributed by atoms with van der Waals surface area (Å²) >= 11 is 0. The molecule has 2 aromatic heterocycles. The highest BCUT2D eigenvalue weighted by atomic mass is 19.1. The van der Waals surface area contributed by atoms with E-state index in [9.17, 15) is 19.1 Å². The van der Waals surface area contributed by atoms with Crippen LogP contribution < -0.4 is 16.6 Å². The van der Waals surface area contributed by atoms with Crippen molar-refractivity contribution in [3.8, 4) is 28.7 Å². The number of carbonyl (C=O) groups is 1. The Hall–Kier alpha value is -4.38. The van der Waals surface area contributed by atoms with Crippen LogP contribution in [0.4, 0.5) is 10.2 Å². The highest BCUT2D eigenvalue weighted by Crippen LogP contribution is 2.34. The molecule has 0 radical (unpaired) electrons. The molecule has 162 valence electrons. The van der Waals surface area contributed by atoms with Crippen molar-refractivity contribution in [3.63, 3.8) is 0 Å². The van der Waals surface area contributed by atoms with Gasteiger partial charge in [0.15, 0.2) is 11.6 Å². The molecule has 0 aliphatic heterocycles. The van der Waals surface area contributed by atoms with E-state index in [-0.39, 0.29) is 23.9 Å². The van der Waals surface area contributed by atoms with Crippen molar-refractivity contribution in [2.24, 2.45) is 5.73 Å². The molecule has 0 fully saturated rings. The van der Waals surface area contributed by atoms with E-state index in [0.29, 0.717) is 34.3 Å². The molecule has 2 heterocycles. The lowest BCUT2D eigenvalue weighted by Gasteiger charge is -2.13. The summed E-state index contributed by atoms with van der Waals surface area (Å²) in [4.78, 5) is 31.0. The van der Waals surface area contributed by atoms with Crippen LogP contribution in [0.1, 0.15) is 19.9 Å². The van der Waals surface area contributed by atoms with E-state index in [0.717, 1.165) is 0 Å². The number of fused-ring (bicyclic) bond motifs is 3. The number of phenols is 1. The third-order valence-electron chi connectivity index (χ3n) is 4.79. The van der Waals surface area contributed by atoms with Crippen LogP contribution in [0.15, 0.2) is 47.4 Å². The number of benzene rings is 2. The second-order valence-electron chi connectivity index (χ2n) is 6.76. The molecule has 0 spiro atoms. The molecule has 5 N–H and O–H groups in total. The van der Waals surface area contributed by atoms with E-state index >= 15 is 0 Å². The third-order valence-corrected chi connectivity index (χ3v) is 4.79. The van der Waals surface area contributed by atoms with Crippen LogP contribution in [0.3, 0.4) is 0 Å². The molecule has 1 amide bonds. The normalized spacial score (nSPS) is 10.3. The number of primary amides is 1. The highest BCUT2D eigenvalue weighted by molar-refractivity contribution is 6.12. The molecule has 0 aliphatic rings. The van der Waals surface area contributed by atoms with Gasteiger partial charge in [-0.25, -0.2) is 9.37 Å². The number of aromatic hydroxyl groups is 1. The summed E-state index contributed by atoms with van der Waals surface area (Å²) in [7, 11) is 0. The lowest BCUT2D eigenvalue weighted by molar-refractivity contribution is -0.112. The van der Waals surface area contributed by atoms with Crippen molar-refractivity contribution >= 4 is 33.4 Å². The fourth-order valence-electron chi connectivity index (χ4n) is 3.45. The van der Waals surface area contributed by atoms with Gasteiger partial charge in [0.25, 0.3) is 11.5 Å². The summed E-state index contributed by atoms with van der Waals surface area (Å²) in [6.45, 7) is 2.47. The van der Waals surface area contributed by atoms with Crippen LogP contribution in [-0.2, 0) is 4.79 Å². The number of amides is 1. The molecule has 0 saturated carbocycles. The molecule has 0 saturated heterocycles. The van der Waals surface area contributed by atoms with Crippen LogP contribution in [0, 0.1) is 17.7 Å². The van der Waals surface area contributed by atoms with E-state index in [2.05, 4.69) is 27.1 Å². The summed E-state index contributed by atoms with van der Waals surface area (Å²) in [6.07, 6.45) is 1.37. The van der Waals surface area contributed by atoms with Gasteiger partial charge in [0.2, 0.25) is 0 Å². The van der Waals surface area contributed by atoms with Crippen molar-refractivity contribution in [1.29, 1.82) is 0 Å². The first kappa shape index (κ1) is 22.3. The number of nitrogens with two attached hydrogens (primary N) is 1. The fourth-order valence-corrected chi connectivity index (χ4v) is 3.45. The summed E-state index contributed by atoms with van der Waals surface area (Å²) in [5, 5.41) is 14.3. The third kappa shape index (κ3) is 3.84. The van der Waals surface area contributed by atoms with E-state index in [1.165, 1.54) is 18.3 Å². The van der Waals surface area contributed by atoms with Gasteiger partial charge in [-0.2, -0.15) is 0 Å². The summed E-state index contributed by atoms with van der Waals surface area (Å²) < 4.78 is 14.5. The molecular formula is C24H21FN4O3. The Morgan fingerprint density at radius 3 is 2.78 bits per heavy atom. The first-order chi connectivity index (χ1) is 14.9. The second kappa shape index (κ2) is 8.78. The molecular weight excluding hydrogens is 411 g/mol. The quantitative estimate of drug-likeness (QED) is 0.292. The maximum absolute atomic E-state index is 14.5. The van der Waals surface area contributed by atoms with Crippen LogP contribution in [-0.4, -0.2) is 27.5 Å². The minimum Gasteiger partial charge on any atom is -0.505 e. The number of nitrogens with zero attached hydrogens (tertiary/aromatic N) is 1. The molecule has 8 heteroatoms. The molecule has 7 nitrogen and oxygen atoms in total. The number of phenolic OH excluding ortho intramolecular Hbond substituents is 1. The first-order valence-electron chi connectivity index (χ1n) is 9.43. The number of aromatic amines is 1. The number of rotatable bonds is 3. The van der Waals surface area contributed by atoms with E-state index in [1.54, 1.807) is 24.3 Å². The number of carbonyl (C=O) groups excluding carboxylic acids is 1. The number of hydrogen-bond acceptors (Lipinski definition) is 5. The van der Waals surface area contributed by atoms with Crippen molar-refractivity contribution in [3.05, 3.63) is 64.3 Å². The topological polar surface area (TPSA) is 121 Å². The molecule has 2 aromatic carbocycles. The van der Waals surface area contributed by atoms with Crippen molar-refractivity contribution in [1.82, 2.24) is 9.97 Å². The van der Waals surface area contributed by atoms with Gasteiger partial charge in [-0.1, -0.05) is 37.6 Å². The number of aromatic nitrogens is 2. The molecule has 4 rings (SSSR count). The Kier molecular flexibility index (Phi) is 6.12. The minimum absolute atomic E-state index is 0. The van der Waals surface area contributed by atoms with Crippen LogP contribution in [0.25, 0.3) is 32.8 Å². The van der Waals surface area contributed by atoms with Gasteiger partial charge in [0.05, 0.1) is 16.5 Å². The zero-order chi connectivity index (χ0) is 22.1. The van der Waals surface area contributed by atoms with Crippen molar-refractivity contribution in [2.45, 2.75) is 14.4 Å². The second-order valence-corrected chi connectivity index (χ2v) is 6.76. The lowest BCUT2D eigenvalue weighted by atomic mass is 9.98. The van der Waals surface area contributed by atoms with Gasteiger partial charge in [-0.05, 0) is 24.6 Å². The monoisotopic (exact) mass is 432 g/mol. The largest absolute Gasteiger partial charge is 0.505 e. The van der Waals surface area contributed by atoms with Gasteiger partial charge in [-0.3, -0.25) is 9.59 Å². The van der Waals surface area contributed by atoms with Crippen LogP contribution >= 0.6 is 0 Å². The van der Waals surface area contributed by atoms with E-state index in [1.807, 2.05) is 6.92 Å². The highest BCUT2D eigenvalue weighted by Gasteiger charge is 2.16.